The van der Waals surface area contributed by atoms with Crippen molar-refractivity contribution in [3.8, 4) is 23.8 Å². The summed E-state index contributed by atoms with van der Waals surface area (Å²) in [6, 6.07) is 10.6. The molecule has 0 saturated carbocycles. The number of non-ortho nitro benzene ring substituents is 1. The molecular weight excluding hydrogens is 428 g/mol. The fourth-order valence-electron chi connectivity index (χ4n) is 2.36. The van der Waals surface area contributed by atoms with E-state index in [1.165, 1.54) is 48.5 Å². The minimum absolute atomic E-state index is 0.0133. The molecule has 0 aliphatic carbocycles. The highest BCUT2D eigenvalue weighted by atomic mass is 32.2. The number of benzene rings is 2. The van der Waals surface area contributed by atoms with Crippen LogP contribution in [0.1, 0.15) is 16.2 Å². The molecule has 0 unspecified atom stereocenters. The minimum atomic E-state index is -3.77. The van der Waals surface area contributed by atoms with Crippen molar-refractivity contribution in [2.45, 2.75) is 11.5 Å². The van der Waals surface area contributed by atoms with E-state index in [4.69, 9.17) is 15.6 Å². The number of aromatic nitrogens is 2. The van der Waals surface area contributed by atoms with Crippen LogP contribution >= 0.6 is 0 Å². The molecule has 1 heterocycles. The van der Waals surface area contributed by atoms with E-state index in [0.717, 1.165) is 0 Å². The summed E-state index contributed by atoms with van der Waals surface area (Å²) in [5.41, 5.74) is 0.500. The molecule has 3 rings (SSSR count). The molecule has 158 valence electrons. The van der Waals surface area contributed by atoms with Gasteiger partial charge in [-0.25, -0.2) is 13.2 Å². The second-order valence-corrected chi connectivity index (χ2v) is 7.70. The van der Waals surface area contributed by atoms with Crippen LogP contribution in [0, 0.1) is 22.5 Å². The van der Waals surface area contributed by atoms with Crippen molar-refractivity contribution in [3.05, 3.63) is 70.1 Å². The first-order chi connectivity index (χ1) is 14.8. The lowest BCUT2D eigenvalue weighted by Crippen LogP contribution is -2.23. The molecule has 0 aliphatic heterocycles. The highest BCUT2D eigenvalue weighted by Crippen LogP contribution is 2.21. The van der Waals surface area contributed by atoms with Crippen LogP contribution in [0.4, 0.5) is 5.69 Å². The number of carbonyl (C=O) groups excluding carboxylic acids is 1. The van der Waals surface area contributed by atoms with Gasteiger partial charge in [-0.1, -0.05) is 5.92 Å². The van der Waals surface area contributed by atoms with Gasteiger partial charge in [-0.05, 0) is 36.4 Å². The zero-order chi connectivity index (χ0) is 22.4. The van der Waals surface area contributed by atoms with Crippen LogP contribution in [0.25, 0.3) is 11.5 Å². The quantitative estimate of drug-likeness (QED) is 0.238. The van der Waals surface area contributed by atoms with Gasteiger partial charge in [0.1, 0.15) is 0 Å². The fourth-order valence-corrected chi connectivity index (χ4v) is 3.29. The van der Waals surface area contributed by atoms with Crippen molar-refractivity contribution < 1.29 is 27.3 Å². The van der Waals surface area contributed by atoms with Gasteiger partial charge in [-0.3, -0.25) is 10.1 Å². The van der Waals surface area contributed by atoms with Gasteiger partial charge in [0.25, 0.3) is 11.6 Å². The Kier molecular flexibility index (Phi) is 6.39. The van der Waals surface area contributed by atoms with Crippen LogP contribution in [-0.4, -0.2) is 36.1 Å². The van der Waals surface area contributed by atoms with E-state index in [9.17, 15) is 23.3 Å². The van der Waals surface area contributed by atoms with E-state index in [0.29, 0.717) is 5.56 Å². The standard InChI is InChI=1S/C19H14N4O7S/c1-2-11-20-31(27,28)16-9-5-14(6-10-16)19(24)29-12-17-21-22-18(30-17)13-3-7-15(8-4-13)23(25)26/h1,3-10,20H,11-12H2. The Balaban J connectivity index is 1.61. The number of terminal acetylenes is 1. The van der Waals surface area contributed by atoms with Crippen molar-refractivity contribution >= 4 is 21.7 Å². The maximum Gasteiger partial charge on any atom is 0.338 e. The number of nitro benzene ring substituents is 1. The first kappa shape index (κ1) is 21.6. The topological polar surface area (TPSA) is 155 Å². The van der Waals surface area contributed by atoms with Gasteiger partial charge in [0.05, 0.1) is 21.9 Å². The number of sulfonamides is 1. The van der Waals surface area contributed by atoms with E-state index in [2.05, 4.69) is 20.8 Å². The van der Waals surface area contributed by atoms with Crippen molar-refractivity contribution in [1.29, 1.82) is 0 Å². The Morgan fingerprint density at radius 1 is 1.16 bits per heavy atom. The number of esters is 1. The van der Waals surface area contributed by atoms with Crippen LogP contribution in [0.15, 0.2) is 57.8 Å². The van der Waals surface area contributed by atoms with Gasteiger partial charge in [-0.15, -0.1) is 16.6 Å². The van der Waals surface area contributed by atoms with E-state index in [-0.39, 0.29) is 41.1 Å². The highest BCUT2D eigenvalue weighted by Gasteiger charge is 2.16. The fraction of sp³-hybridized carbons (Fsp3) is 0.105. The van der Waals surface area contributed by atoms with E-state index in [1.807, 2.05) is 0 Å². The van der Waals surface area contributed by atoms with Crippen molar-refractivity contribution in [3.63, 3.8) is 0 Å². The van der Waals surface area contributed by atoms with E-state index in [1.54, 1.807) is 0 Å². The smallest absolute Gasteiger partial charge is 0.338 e. The maximum atomic E-state index is 12.2. The molecular formula is C19H14N4O7S. The molecule has 1 aromatic heterocycles. The zero-order valence-electron chi connectivity index (χ0n) is 15.7. The van der Waals surface area contributed by atoms with Crippen molar-refractivity contribution in [2.24, 2.45) is 0 Å². The van der Waals surface area contributed by atoms with Gasteiger partial charge in [-0.2, -0.15) is 4.72 Å². The second-order valence-electron chi connectivity index (χ2n) is 5.93. The van der Waals surface area contributed by atoms with E-state index >= 15 is 0 Å². The largest absolute Gasteiger partial charge is 0.452 e. The second kappa shape index (κ2) is 9.16. The molecule has 0 amide bonds. The van der Waals surface area contributed by atoms with Crippen LogP contribution in [-0.2, 0) is 21.4 Å². The molecule has 1 N–H and O–H groups in total. The Morgan fingerprint density at radius 2 is 1.84 bits per heavy atom. The third-order valence-electron chi connectivity index (χ3n) is 3.88. The molecule has 0 saturated heterocycles. The van der Waals surface area contributed by atoms with Crippen molar-refractivity contribution in [1.82, 2.24) is 14.9 Å². The average molecular weight is 442 g/mol. The summed E-state index contributed by atoms with van der Waals surface area (Å²) in [6.45, 7) is -0.471. The summed E-state index contributed by atoms with van der Waals surface area (Å²) in [7, 11) is -3.77. The van der Waals surface area contributed by atoms with Crippen LogP contribution in [0.5, 0.6) is 0 Å². The number of carbonyl (C=O) groups is 1. The van der Waals surface area contributed by atoms with Gasteiger partial charge in [0.15, 0.2) is 6.61 Å². The molecule has 31 heavy (non-hydrogen) atoms. The van der Waals surface area contributed by atoms with Gasteiger partial charge in [0, 0.05) is 17.7 Å². The first-order valence-electron chi connectivity index (χ1n) is 8.57. The molecule has 0 bridgehead atoms. The lowest BCUT2D eigenvalue weighted by molar-refractivity contribution is -0.384. The Hall–Kier alpha value is -4.08. The zero-order valence-corrected chi connectivity index (χ0v) is 16.5. The summed E-state index contributed by atoms with van der Waals surface area (Å²) in [5.74, 6) is 1.56. The van der Waals surface area contributed by atoms with Crippen LogP contribution < -0.4 is 4.72 Å². The lowest BCUT2D eigenvalue weighted by Gasteiger charge is -2.05. The van der Waals surface area contributed by atoms with Crippen molar-refractivity contribution in [2.75, 3.05) is 6.54 Å². The summed E-state index contributed by atoms with van der Waals surface area (Å²) in [6.07, 6.45) is 5.03. The minimum Gasteiger partial charge on any atom is -0.452 e. The number of ether oxygens (including phenoxy) is 1. The molecule has 0 atom stereocenters. The normalized spacial score (nSPS) is 10.9. The predicted octanol–water partition coefficient (Wildman–Crippen LogP) is 1.91. The number of hydrogen-bond acceptors (Lipinski definition) is 9. The summed E-state index contributed by atoms with van der Waals surface area (Å²) in [4.78, 5) is 22.3. The lowest BCUT2D eigenvalue weighted by atomic mass is 10.2. The maximum absolute atomic E-state index is 12.2. The summed E-state index contributed by atoms with van der Waals surface area (Å²) in [5, 5.41) is 18.3. The number of nitro groups is 1. The Labute approximate surface area is 176 Å². The van der Waals surface area contributed by atoms with Gasteiger partial charge in [0.2, 0.25) is 15.9 Å². The number of nitrogens with zero attached hydrogens (tertiary/aromatic N) is 3. The predicted molar refractivity (Wildman–Crippen MR) is 106 cm³/mol. The van der Waals surface area contributed by atoms with E-state index < -0.39 is 20.9 Å². The third-order valence-corrected chi connectivity index (χ3v) is 5.30. The Bertz CT molecular complexity index is 1240. The molecule has 11 nitrogen and oxygen atoms in total. The highest BCUT2D eigenvalue weighted by molar-refractivity contribution is 7.89. The third kappa shape index (κ3) is 5.30. The Morgan fingerprint density at radius 3 is 2.45 bits per heavy atom. The SMILES string of the molecule is C#CCNS(=O)(=O)c1ccc(C(=O)OCc2nnc(-c3ccc([N+](=O)[O-])cc3)o2)cc1. The first-order valence-corrected chi connectivity index (χ1v) is 10.1. The summed E-state index contributed by atoms with van der Waals surface area (Å²) < 4.78 is 36.6. The monoisotopic (exact) mass is 442 g/mol. The molecule has 3 aromatic rings. The van der Waals surface area contributed by atoms with Gasteiger partial charge < -0.3 is 9.15 Å². The van der Waals surface area contributed by atoms with Crippen LogP contribution in [0.3, 0.4) is 0 Å². The molecule has 2 aromatic carbocycles. The number of rotatable bonds is 8. The number of hydrogen-bond donors (Lipinski definition) is 1. The molecule has 0 spiro atoms. The van der Waals surface area contributed by atoms with Crippen LogP contribution in [0.2, 0.25) is 0 Å². The molecule has 0 fully saturated rings. The molecule has 0 radical (unpaired) electrons. The number of nitrogens with one attached hydrogen (secondary N) is 1. The van der Waals surface area contributed by atoms with Gasteiger partial charge >= 0.3 is 5.97 Å². The molecule has 12 heteroatoms. The molecule has 0 aliphatic rings. The summed E-state index contributed by atoms with van der Waals surface area (Å²) >= 11 is 0. The average Bonchev–Trinajstić information content (AvgIpc) is 3.25.